The molecular weight excluding hydrogens is 250 g/mol. The first-order chi connectivity index (χ1) is 8.75. The van der Waals surface area contributed by atoms with Crippen LogP contribution in [-0.2, 0) is 16.1 Å². The Kier molecular flexibility index (Phi) is 4.58. The van der Waals surface area contributed by atoms with Crippen LogP contribution in [0.3, 0.4) is 0 Å². The average Bonchev–Trinajstić information content (AvgIpc) is 2.62. The van der Waals surface area contributed by atoms with Crippen molar-refractivity contribution in [3.05, 3.63) is 30.1 Å². The van der Waals surface area contributed by atoms with Crippen LogP contribution in [0.2, 0.25) is 0 Å². The molecule has 0 aliphatic carbocycles. The Hall–Kier alpha value is -1.56. The monoisotopic (exact) mass is 265 g/mol. The molecule has 2 heterocycles. The number of aromatic nitrogens is 1. The fourth-order valence-corrected chi connectivity index (χ4v) is 2.59. The molecule has 0 aromatic carbocycles. The average molecular weight is 265 g/mol. The van der Waals surface area contributed by atoms with Crippen LogP contribution < -0.4 is 10.6 Å². The van der Waals surface area contributed by atoms with Crippen molar-refractivity contribution in [2.24, 2.45) is 0 Å². The maximum absolute atomic E-state index is 11.9. The maximum atomic E-state index is 11.9. The summed E-state index contributed by atoms with van der Waals surface area (Å²) in [5.41, 5.74) is 0.804. The van der Waals surface area contributed by atoms with E-state index in [-0.39, 0.29) is 11.8 Å². The molecule has 2 N–H and O–H groups in total. The van der Waals surface area contributed by atoms with E-state index in [2.05, 4.69) is 15.6 Å². The van der Waals surface area contributed by atoms with Gasteiger partial charge in [-0.15, -0.1) is 0 Å². The summed E-state index contributed by atoms with van der Waals surface area (Å²) in [4.78, 5) is 27.4. The summed E-state index contributed by atoms with van der Waals surface area (Å²) in [7, 11) is 0. The number of thioether (sulfide) groups is 1. The molecular formula is C12H15N3O2S. The molecule has 1 fully saturated rings. The fourth-order valence-electron chi connectivity index (χ4n) is 1.62. The Morgan fingerprint density at radius 1 is 1.56 bits per heavy atom. The van der Waals surface area contributed by atoms with E-state index >= 15 is 0 Å². The molecule has 1 aromatic rings. The van der Waals surface area contributed by atoms with Gasteiger partial charge in [-0.05, 0) is 12.1 Å². The van der Waals surface area contributed by atoms with Crippen molar-refractivity contribution in [1.82, 2.24) is 15.6 Å². The van der Waals surface area contributed by atoms with Gasteiger partial charge in [0.2, 0.25) is 11.8 Å². The van der Waals surface area contributed by atoms with Gasteiger partial charge in [0, 0.05) is 24.1 Å². The molecule has 2 amide bonds. The van der Waals surface area contributed by atoms with Gasteiger partial charge in [-0.2, -0.15) is 11.8 Å². The molecule has 5 nitrogen and oxygen atoms in total. The normalized spacial score (nSPS) is 19.8. The lowest BCUT2D eigenvalue weighted by Crippen LogP contribution is -2.47. The number of hydrogen-bond acceptors (Lipinski definition) is 4. The van der Waals surface area contributed by atoms with Gasteiger partial charge < -0.3 is 10.6 Å². The van der Waals surface area contributed by atoms with Crippen LogP contribution in [-0.4, -0.2) is 34.3 Å². The second-order valence-electron chi connectivity index (χ2n) is 3.98. The van der Waals surface area contributed by atoms with E-state index in [4.69, 9.17) is 0 Å². The van der Waals surface area contributed by atoms with Gasteiger partial charge in [0.05, 0.1) is 12.2 Å². The van der Waals surface area contributed by atoms with Crippen molar-refractivity contribution in [2.75, 3.05) is 11.5 Å². The Labute approximate surface area is 110 Å². The second-order valence-corrected chi connectivity index (χ2v) is 5.13. The Morgan fingerprint density at radius 2 is 2.44 bits per heavy atom. The van der Waals surface area contributed by atoms with Gasteiger partial charge in [0.1, 0.15) is 6.04 Å². The molecule has 2 rings (SSSR count). The van der Waals surface area contributed by atoms with Crippen LogP contribution >= 0.6 is 11.8 Å². The summed E-state index contributed by atoms with van der Waals surface area (Å²) in [6, 6.07) is 5.11. The Morgan fingerprint density at radius 3 is 3.22 bits per heavy atom. The number of carbonyl (C=O) groups excluding carboxylic acids is 2. The zero-order valence-electron chi connectivity index (χ0n) is 9.89. The largest absolute Gasteiger partial charge is 0.349 e. The minimum atomic E-state index is -0.436. The number of amides is 2. The summed E-state index contributed by atoms with van der Waals surface area (Å²) < 4.78 is 0. The highest BCUT2D eigenvalue weighted by Gasteiger charge is 2.23. The lowest BCUT2D eigenvalue weighted by molar-refractivity contribution is -0.128. The molecule has 6 heteroatoms. The van der Waals surface area contributed by atoms with Crippen LogP contribution in [0.4, 0.5) is 0 Å². The lowest BCUT2D eigenvalue weighted by atomic mass is 10.3. The minimum absolute atomic E-state index is 0.0574. The maximum Gasteiger partial charge on any atom is 0.243 e. The Balaban J connectivity index is 1.85. The standard InChI is InChI=1S/C12H15N3O2S/c16-11-4-6-18-8-10(15-11)12(17)14-7-9-3-1-2-5-13-9/h1-3,5,10H,4,6-8H2,(H,14,17)(H,15,16)/t10-/m0/s1. The molecule has 1 aliphatic rings. The van der Waals surface area contributed by atoms with Crippen molar-refractivity contribution in [3.8, 4) is 0 Å². The first-order valence-electron chi connectivity index (χ1n) is 5.80. The molecule has 1 aliphatic heterocycles. The fraction of sp³-hybridized carbons (Fsp3) is 0.417. The topological polar surface area (TPSA) is 71.1 Å². The molecule has 96 valence electrons. The Bertz CT molecular complexity index is 425. The molecule has 0 saturated carbocycles. The predicted molar refractivity (Wildman–Crippen MR) is 70.0 cm³/mol. The van der Waals surface area contributed by atoms with Crippen molar-refractivity contribution in [1.29, 1.82) is 0 Å². The quantitative estimate of drug-likeness (QED) is 0.825. The van der Waals surface area contributed by atoms with Gasteiger partial charge in [-0.25, -0.2) is 0 Å². The third-order valence-corrected chi connectivity index (χ3v) is 3.64. The molecule has 0 spiro atoms. The first-order valence-corrected chi connectivity index (χ1v) is 6.96. The molecule has 0 bridgehead atoms. The number of pyridine rings is 1. The number of nitrogens with zero attached hydrogens (tertiary/aromatic N) is 1. The van der Waals surface area contributed by atoms with Gasteiger partial charge >= 0.3 is 0 Å². The number of carbonyl (C=O) groups is 2. The van der Waals surface area contributed by atoms with Crippen LogP contribution in [0.1, 0.15) is 12.1 Å². The van der Waals surface area contributed by atoms with Crippen molar-refractivity contribution in [3.63, 3.8) is 0 Å². The highest BCUT2D eigenvalue weighted by molar-refractivity contribution is 7.99. The minimum Gasteiger partial charge on any atom is -0.349 e. The smallest absolute Gasteiger partial charge is 0.243 e. The molecule has 0 radical (unpaired) electrons. The van der Waals surface area contributed by atoms with Crippen molar-refractivity contribution < 1.29 is 9.59 Å². The molecule has 1 atom stereocenters. The predicted octanol–water partition coefficient (Wildman–Crippen LogP) is 0.319. The van der Waals surface area contributed by atoms with E-state index in [0.29, 0.717) is 18.7 Å². The van der Waals surface area contributed by atoms with Gasteiger partial charge in [0.25, 0.3) is 0 Å². The zero-order valence-corrected chi connectivity index (χ0v) is 10.7. The molecule has 1 saturated heterocycles. The van der Waals surface area contributed by atoms with Crippen LogP contribution in [0.5, 0.6) is 0 Å². The third-order valence-electron chi connectivity index (χ3n) is 2.58. The van der Waals surface area contributed by atoms with Crippen LogP contribution in [0, 0.1) is 0 Å². The molecule has 0 unspecified atom stereocenters. The van der Waals surface area contributed by atoms with E-state index in [1.54, 1.807) is 18.0 Å². The highest BCUT2D eigenvalue weighted by Crippen LogP contribution is 2.09. The number of rotatable bonds is 3. The van der Waals surface area contributed by atoms with E-state index in [1.807, 2.05) is 18.2 Å². The summed E-state index contributed by atoms with van der Waals surface area (Å²) in [6.07, 6.45) is 2.17. The van der Waals surface area contributed by atoms with E-state index < -0.39 is 6.04 Å². The van der Waals surface area contributed by atoms with Crippen molar-refractivity contribution in [2.45, 2.75) is 19.0 Å². The van der Waals surface area contributed by atoms with E-state index in [0.717, 1.165) is 11.4 Å². The third kappa shape index (κ3) is 3.73. The number of nitrogens with one attached hydrogen (secondary N) is 2. The summed E-state index contributed by atoms with van der Waals surface area (Å²) in [5, 5.41) is 5.51. The van der Waals surface area contributed by atoms with E-state index in [1.165, 1.54) is 0 Å². The van der Waals surface area contributed by atoms with Crippen LogP contribution in [0.25, 0.3) is 0 Å². The van der Waals surface area contributed by atoms with Gasteiger partial charge in [-0.1, -0.05) is 6.07 Å². The summed E-state index contributed by atoms with van der Waals surface area (Å²) in [5.74, 6) is 1.19. The van der Waals surface area contributed by atoms with E-state index in [9.17, 15) is 9.59 Å². The summed E-state index contributed by atoms with van der Waals surface area (Å²) >= 11 is 1.62. The molecule has 18 heavy (non-hydrogen) atoms. The van der Waals surface area contributed by atoms with Gasteiger partial charge in [-0.3, -0.25) is 14.6 Å². The SMILES string of the molecule is O=C1CCSC[C@@H](C(=O)NCc2ccccn2)N1. The van der Waals surface area contributed by atoms with Crippen molar-refractivity contribution >= 4 is 23.6 Å². The summed E-state index contributed by atoms with van der Waals surface area (Å²) in [6.45, 7) is 0.386. The van der Waals surface area contributed by atoms with Crippen LogP contribution in [0.15, 0.2) is 24.4 Å². The second kappa shape index (κ2) is 6.39. The molecule has 1 aromatic heterocycles. The lowest BCUT2D eigenvalue weighted by Gasteiger charge is -2.14. The number of hydrogen-bond donors (Lipinski definition) is 2. The highest BCUT2D eigenvalue weighted by atomic mass is 32.2. The zero-order chi connectivity index (χ0) is 12.8. The van der Waals surface area contributed by atoms with Gasteiger partial charge in [0.15, 0.2) is 0 Å². The first kappa shape index (κ1) is 12.9.